The number of rotatable bonds is 1. The Balaban J connectivity index is 1.47. The van der Waals surface area contributed by atoms with Crippen LogP contribution in [0, 0.1) is 0 Å². The van der Waals surface area contributed by atoms with Crippen LogP contribution in [0.4, 0.5) is 0 Å². The van der Waals surface area contributed by atoms with Crippen molar-refractivity contribution >= 4 is 66.4 Å². The number of hydrogen-bond donors (Lipinski definition) is 0. The molecule has 0 heteroatoms. The summed E-state index contributed by atoms with van der Waals surface area (Å²) in [4.78, 5) is 0. The molecule has 0 bridgehead atoms. The molecule has 2 aliphatic rings. The quantitative estimate of drug-likeness (QED) is 0.241. The highest BCUT2D eigenvalue weighted by Gasteiger charge is 2.26. The van der Waals surface area contributed by atoms with Crippen LogP contribution in [0.5, 0.6) is 0 Å². The third-order valence-corrected chi connectivity index (χ3v) is 7.30. The molecule has 0 unspecified atom stereocenters. The van der Waals surface area contributed by atoms with Crippen LogP contribution >= 0.6 is 0 Å². The van der Waals surface area contributed by atoms with E-state index in [1.54, 1.807) is 0 Å². The molecule has 0 N–H and O–H groups in total. The van der Waals surface area contributed by atoms with Gasteiger partial charge in [0.15, 0.2) is 0 Å². The van der Waals surface area contributed by atoms with E-state index in [4.69, 9.17) is 0 Å². The normalized spacial score (nSPS) is 14.0. The molecule has 0 spiro atoms. The van der Waals surface area contributed by atoms with Crippen LogP contribution in [-0.4, -0.2) is 0 Å². The van der Waals surface area contributed by atoms with Crippen LogP contribution in [0.1, 0.15) is 22.3 Å². The molecule has 2 aliphatic carbocycles. The van der Waals surface area contributed by atoms with Gasteiger partial charge in [0.1, 0.15) is 0 Å². The van der Waals surface area contributed by atoms with Crippen LogP contribution in [-0.2, 0) is 0 Å². The van der Waals surface area contributed by atoms with Gasteiger partial charge in [-0.05, 0) is 101 Å². The Morgan fingerprint density at radius 3 is 1.31 bits per heavy atom. The first kappa shape index (κ1) is 16.5. The summed E-state index contributed by atoms with van der Waals surface area (Å²) in [5, 5.41) is 10.7. The van der Waals surface area contributed by atoms with Gasteiger partial charge < -0.3 is 0 Å². The zero-order chi connectivity index (χ0) is 20.8. The lowest BCUT2D eigenvalue weighted by Crippen LogP contribution is -1.87. The van der Waals surface area contributed by atoms with Crippen molar-refractivity contribution in [2.24, 2.45) is 0 Å². The molecule has 0 amide bonds. The van der Waals surface area contributed by atoms with Crippen molar-refractivity contribution in [3.05, 3.63) is 119 Å². The van der Waals surface area contributed by atoms with Crippen LogP contribution in [0.2, 0.25) is 0 Å². The van der Waals surface area contributed by atoms with Crippen molar-refractivity contribution in [3.63, 3.8) is 0 Å². The van der Waals surface area contributed by atoms with E-state index in [0.29, 0.717) is 0 Å². The van der Waals surface area contributed by atoms with E-state index in [-0.39, 0.29) is 0 Å². The molecule has 0 heterocycles. The molecule has 0 nitrogen and oxygen atoms in total. The van der Waals surface area contributed by atoms with Crippen molar-refractivity contribution in [1.29, 1.82) is 0 Å². The maximum Gasteiger partial charge on any atom is -0.00259 e. The molecule has 0 fully saturated rings. The van der Waals surface area contributed by atoms with Crippen molar-refractivity contribution in [2.75, 3.05) is 0 Å². The molecule has 32 heavy (non-hydrogen) atoms. The predicted octanol–water partition coefficient (Wildman–Crippen LogP) is 8.71. The van der Waals surface area contributed by atoms with Gasteiger partial charge in [-0.25, -0.2) is 0 Å². The van der Waals surface area contributed by atoms with Crippen LogP contribution in [0.25, 0.3) is 66.4 Å². The van der Waals surface area contributed by atoms with Crippen LogP contribution in [0.15, 0.2) is 97.1 Å². The van der Waals surface area contributed by atoms with E-state index in [2.05, 4.69) is 109 Å². The lowest BCUT2D eigenvalue weighted by Gasteiger charge is -2.10. The molecule has 0 aromatic heterocycles. The van der Waals surface area contributed by atoms with Gasteiger partial charge >= 0.3 is 0 Å². The fourth-order valence-electron chi connectivity index (χ4n) is 5.96. The zero-order valence-corrected chi connectivity index (χ0v) is 17.4. The smallest absolute Gasteiger partial charge is 0.00259 e. The Kier molecular flexibility index (Phi) is 2.97. The SMILES string of the molecule is C1=C(C2=Cc3c4ccccc4cc4cccc2c34)c2cccc3cc4ccccc4c1c23. The largest absolute Gasteiger partial charge is 0.0616 e. The zero-order valence-electron chi connectivity index (χ0n) is 17.4. The summed E-state index contributed by atoms with van der Waals surface area (Å²) in [6.07, 6.45) is 4.86. The topological polar surface area (TPSA) is 0 Å². The molecule has 0 saturated carbocycles. The summed E-state index contributed by atoms with van der Waals surface area (Å²) < 4.78 is 0. The second-order valence-corrected chi connectivity index (χ2v) is 8.95. The standard InChI is InChI=1S/C32H18/c1-3-11-23-19(7-1)15-21-9-5-13-25-27(17-29(23)31(21)25)28-18-30-24-12-4-2-8-20(24)16-22-10-6-14-26(28)32(22)30/h1-18H. The maximum absolute atomic E-state index is 2.43. The van der Waals surface area contributed by atoms with Gasteiger partial charge in [0.25, 0.3) is 0 Å². The Morgan fingerprint density at radius 1 is 0.375 bits per heavy atom. The minimum atomic E-state index is 1.31. The summed E-state index contributed by atoms with van der Waals surface area (Å²) in [6, 6.07) is 35.7. The van der Waals surface area contributed by atoms with Crippen LogP contribution in [0.3, 0.4) is 0 Å². The highest BCUT2D eigenvalue weighted by Crippen LogP contribution is 2.51. The summed E-state index contributed by atoms with van der Waals surface area (Å²) in [5.41, 5.74) is 8.10. The number of allylic oxidation sites excluding steroid dienone is 2. The van der Waals surface area contributed by atoms with Gasteiger partial charge in [-0.1, -0.05) is 84.9 Å². The molecule has 0 radical (unpaired) electrons. The Labute approximate surface area is 185 Å². The number of benzene rings is 6. The first-order chi connectivity index (χ1) is 15.9. The summed E-state index contributed by atoms with van der Waals surface area (Å²) in [7, 11) is 0. The second kappa shape index (κ2) is 5.75. The molecule has 0 saturated heterocycles. The van der Waals surface area contributed by atoms with Crippen LogP contribution < -0.4 is 0 Å². The third-order valence-electron chi connectivity index (χ3n) is 7.30. The highest BCUT2D eigenvalue weighted by molar-refractivity contribution is 6.33. The first-order valence-corrected chi connectivity index (χ1v) is 11.2. The van der Waals surface area contributed by atoms with Gasteiger partial charge in [0, 0.05) is 0 Å². The second-order valence-electron chi connectivity index (χ2n) is 8.95. The average molecular weight is 402 g/mol. The molecule has 6 aromatic rings. The monoisotopic (exact) mass is 402 g/mol. The predicted molar refractivity (Wildman–Crippen MR) is 139 cm³/mol. The lowest BCUT2D eigenvalue weighted by atomic mass is 9.93. The molecule has 6 aromatic carbocycles. The van der Waals surface area contributed by atoms with Gasteiger partial charge in [-0.15, -0.1) is 0 Å². The van der Waals surface area contributed by atoms with E-state index in [1.165, 1.54) is 76.5 Å². The molecule has 146 valence electrons. The molecule has 8 rings (SSSR count). The van der Waals surface area contributed by atoms with Crippen molar-refractivity contribution in [3.8, 4) is 0 Å². The van der Waals surface area contributed by atoms with E-state index >= 15 is 0 Å². The number of fused-ring (bicyclic) bond motifs is 4. The van der Waals surface area contributed by atoms with Crippen molar-refractivity contribution in [2.45, 2.75) is 0 Å². The fraction of sp³-hybridized carbons (Fsp3) is 0. The molecule has 0 aliphatic heterocycles. The lowest BCUT2D eigenvalue weighted by molar-refractivity contribution is 1.71. The van der Waals surface area contributed by atoms with E-state index in [0.717, 1.165) is 0 Å². The maximum atomic E-state index is 2.43. The third kappa shape index (κ3) is 1.98. The number of hydrogen-bond acceptors (Lipinski definition) is 0. The van der Waals surface area contributed by atoms with Crippen molar-refractivity contribution < 1.29 is 0 Å². The highest BCUT2D eigenvalue weighted by atomic mass is 14.3. The Hall–Kier alpha value is -4.16. The average Bonchev–Trinajstić information content (AvgIpc) is 3.41. The molecule has 0 atom stereocenters. The first-order valence-electron chi connectivity index (χ1n) is 11.2. The summed E-state index contributed by atoms with van der Waals surface area (Å²) in [6.45, 7) is 0. The Bertz CT molecular complexity index is 1720. The van der Waals surface area contributed by atoms with Gasteiger partial charge in [0.05, 0.1) is 0 Å². The summed E-state index contributed by atoms with van der Waals surface area (Å²) >= 11 is 0. The van der Waals surface area contributed by atoms with E-state index in [1.807, 2.05) is 0 Å². The van der Waals surface area contributed by atoms with Gasteiger partial charge in [-0.3, -0.25) is 0 Å². The summed E-state index contributed by atoms with van der Waals surface area (Å²) in [5.74, 6) is 0. The minimum Gasteiger partial charge on any atom is -0.0616 e. The van der Waals surface area contributed by atoms with Gasteiger partial charge in [0.2, 0.25) is 0 Å². The van der Waals surface area contributed by atoms with E-state index in [9.17, 15) is 0 Å². The molecular weight excluding hydrogens is 384 g/mol. The minimum absolute atomic E-state index is 1.31. The molecular formula is C32H18. The van der Waals surface area contributed by atoms with Crippen molar-refractivity contribution in [1.82, 2.24) is 0 Å². The fourth-order valence-corrected chi connectivity index (χ4v) is 5.96. The Morgan fingerprint density at radius 2 is 0.812 bits per heavy atom. The van der Waals surface area contributed by atoms with Gasteiger partial charge in [-0.2, -0.15) is 0 Å². The van der Waals surface area contributed by atoms with E-state index < -0.39 is 0 Å².